The van der Waals surface area contributed by atoms with E-state index in [2.05, 4.69) is 23.3 Å². The van der Waals surface area contributed by atoms with Gasteiger partial charge in [-0.1, -0.05) is 24.3 Å². The van der Waals surface area contributed by atoms with Gasteiger partial charge in [-0.3, -0.25) is 0 Å². The van der Waals surface area contributed by atoms with E-state index in [-0.39, 0.29) is 11.8 Å². The number of nitrogens with zero attached hydrogens (tertiary/aromatic N) is 2. The van der Waals surface area contributed by atoms with E-state index in [1.54, 1.807) is 12.1 Å². The molecule has 2 aliphatic heterocycles. The third-order valence-electron chi connectivity index (χ3n) is 5.61. The zero-order valence-corrected chi connectivity index (χ0v) is 16.9. The maximum absolute atomic E-state index is 13.2. The molecule has 0 bridgehead atoms. The fourth-order valence-corrected chi connectivity index (χ4v) is 4.10. The van der Waals surface area contributed by atoms with E-state index in [1.165, 1.54) is 17.7 Å². The molecular weight excluding hydrogens is 369 g/mol. The maximum Gasteiger partial charge on any atom is 0.317 e. The number of nitrogens with one attached hydrogen (secondary N) is 1. The van der Waals surface area contributed by atoms with Crippen molar-refractivity contribution in [2.45, 2.75) is 25.9 Å². The van der Waals surface area contributed by atoms with Crippen molar-refractivity contribution < 1.29 is 13.9 Å². The van der Waals surface area contributed by atoms with E-state index in [1.807, 2.05) is 17.0 Å². The number of hydrogen-bond acceptors (Lipinski definition) is 3. The van der Waals surface area contributed by atoms with E-state index >= 15 is 0 Å². The first-order chi connectivity index (χ1) is 14.1. The normalized spacial score (nSPS) is 16.5. The molecule has 0 aliphatic carbocycles. The molecule has 6 heteroatoms. The molecule has 0 spiro atoms. The van der Waals surface area contributed by atoms with Crippen LogP contribution in [-0.2, 0) is 19.5 Å². The van der Waals surface area contributed by atoms with Crippen LogP contribution in [0.5, 0.6) is 5.75 Å². The number of benzene rings is 2. The molecule has 2 aromatic rings. The lowest BCUT2D eigenvalue weighted by atomic mass is 10.0. The van der Waals surface area contributed by atoms with E-state index in [4.69, 9.17) is 4.74 Å². The summed E-state index contributed by atoms with van der Waals surface area (Å²) in [5.41, 5.74) is 3.22. The van der Waals surface area contributed by atoms with Gasteiger partial charge in [-0.15, -0.1) is 0 Å². The smallest absolute Gasteiger partial charge is 0.317 e. The number of urea groups is 1. The van der Waals surface area contributed by atoms with Crippen LogP contribution in [-0.4, -0.2) is 49.1 Å². The Morgan fingerprint density at radius 2 is 1.97 bits per heavy atom. The van der Waals surface area contributed by atoms with E-state index in [9.17, 15) is 9.18 Å². The van der Waals surface area contributed by atoms with Crippen LogP contribution in [0.2, 0.25) is 0 Å². The summed E-state index contributed by atoms with van der Waals surface area (Å²) in [4.78, 5) is 17.0. The highest BCUT2D eigenvalue weighted by Crippen LogP contribution is 2.25. The number of halogens is 1. The minimum atomic E-state index is -0.262. The lowest BCUT2D eigenvalue weighted by Crippen LogP contribution is -2.51. The second-order valence-electron chi connectivity index (χ2n) is 8.15. The van der Waals surface area contributed by atoms with E-state index in [0.29, 0.717) is 25.6 Å². The summed E-state index contributed by atoms with van der Waals surface area (Å²) in [7, 11) is 2.08. The lowest BCUT2D eigenvalue weighted by Gasteiger charge is -2.39. The minimum absolute atomic E-state index is 0.0853. The molecule has 29 heavy (non-hydrogen) atoms. The van der Waals surface area contributed by atoms with Crippen LogP contribution < -0.4 is 10.1 Å². The minimum Gasteiger partial charge on any atom is -0.493 e. The third kappa shape index (κ3) is 5.07. The largest absolute Gasteiger partial charge is 0.493 e. The van der Waals surface area contributed by atoms with Crippen molar-refractivity contribution in [2.24, 2.45) is 5.92 Å². The second-order valence-corrected chi connectivity index (χ2v) is 8.15. The highest BCUT2D eigenvalue weighted by atomic mass is 19.1. The molecule has 2 heterocycles. The Hall–Kier alpha value is -2.60. The molecule has 0 unspecified atom stereocenters. The first kappa shape index (κ1) is 19.7. The third-order valence-corrected chi connectivity index (χ3v) is 5.61. The van der Waals surface area contributed by atoms with Crippen LogP contribution in [0.3, 0.4) is 0 Å². The van der Waals surface area contributed by atoms with Crippen LogP contribution >= 0.6 is 0 Å². The van der Waals surface area contributed by atoms with Gasteiger partial charge in [0.05, 0.1) is 6.61 Å². The highest BCUT2D eigenvalue weighted by Gasteiger charge is 2.27. The molecule has 2 aromatic carbocycles. The van der Waals surface area contributed by atoms with Gasteiger partial charge in [0.1, 0.15) is 11.6 Å². The van der Waals surface area contributed by atoms with Gasteiger partial charge in [0, 0.05) is 38.6 Å². The predicted octanol–water partition coefficient (Wildman–Crippen LogP) is 3.42. The van der Waals surface area contributed by atoms with Crippen molar-refractivity contribution in [2.75, 3.05) is 33.3 Å². The Kier molecular flexibility index (Phi) is 6.00. The Labute approximate surface area is 171 Å². The van der Waals surface area contributed by atoms with E-state index in [0.717, 1.165) is 49.4 Å². The van der Waals surface area contributed by atoms with Crippen molar-refractivity contribution in [3.8, 4) is 5.75 Å². The van der Waals surface area contributed by atoms with Gasteiger partial charge in [-0.05, 0) is 54.8 Å². The van der Waals surface area contributed by atoms with Crippen LogP contribution in [0, 0.1) is 11.7 Å². The Morgan fingerprint density at radius 3 is 2.72 bits per heavy atom. The van der Waals surface area contributed by atoms with Gasteiger partial charge >= 0.3 is 6.03 Å². The first-order valence-electron chi connectivity index (χ1n) is 10.3. The fourth-order valence-electron chi connectivity index (χ4n) is 4.10. The number of rotatable bonds is 6. The topological polar surface area (TPSA) is 44.8 Å². The van der Waals surface area contributed by atoms with Crippen molar-refractivity contribution in [3.63, 3.8) is 0 Å². The van der Waals surface area contributed by atoms with E-state index < -0.39 is 0 Å². The van der Waals surface area contributed by atoms with Crippen LogP contribution in [0.25, 0.3) is 0 Å². The average molecular weight is 397 g/mol. The first-order valence-corrected chi connectivity index (χ1v) is 10.3. The standard InChI is InChI=1S/C23H28FN3O2/c1-26-13-19(14-26)16-27(15-17-4-7-21(24)8-5-17)23(28)25-12-18-6-9-22-20(11-18)3-2-10-29-22/h4-9,11,19H,2-3,10,12-16H2,1H3,(H,25,28). The van der Waals surface area contributed by atoms with Gasteiger partial charge in [0.15, 0.2) is 0 Å². The molecular formula is C23H28FN3O2. The van der Waals surface area contributed by atoms with Crippen molar-refractivity contribution in [1.82, 2.24) is 15.1 Å². The molecule has 2 aliphatic rings. The molecule has 1 fully saturated rings. The summed E-state index contributed by atoms with van der Waals surface area (Å²) in [6.45, 7) is 4.43. The molecule has 4 rings (SSSR count). The number of amides is 2. The van der Waals surface area contributed by atoms with Gasteiger partial charge in [0.25, 0.3) is 0 Å². The maximum atomic E-state index is 13.2. The van der Waals surface area contributed by atoms with Crippen LogP contribution in [0.1, 0.15) is 23.1 Å². The van der Waals surface area contributed by atoms with Crippen LogP contribution in [0.4, 0.5) is 9.18 Å². The fraction of sp³-hybridized carbons (Fsp3) is 0.435. The molecule has 2 amide bonds. The van der Waals surface area contributed by atoms with Gasteiger partial charge in [-0.25, -0.2) is 9.18 Å². The number of carbonyl (C=O) groups is 1. The molecule has 0 radical (unpaired) electrons. The molecule has 0 atom stereocenters. The number of ether oxygens (including phenoxy) is 1. The molecule has 5 nitrogen and oxygen atoms in total. The number of aryl methyl sites for hydroxylation is 1. The van der Waals surface area contributed by atoms with Crippen molar-refractivity contribution in [3.05, 3.63) is 65.0 Å². The Morgan fingerprint density at radius 1 is 1.21 bits per heavy atom. The summed E-state index contributed by atoms with van der Waals surface area (Å²) >= 11 is 0. The predicted molar refractivity (Wildman–Crippen MR) is 110 cm³/mol. The highest BCUT2D eigenvalue weighted by molar-refractivity contribution is 5.74. The second kappa shape index (κ2) is 8.82. The quantitative estimate of drug-likeness (QED) is 0.812. The van der Waals surface area contributed by atoms with Crippen molar-refractivity contribution in [1.29, 1.82) is 0 Å². The zero-order chi connectivity index (χ0) is 20.2. The number of fused-ring (bicyclic) bond motifs is 1. The number of carbonyl (C=O) groups excluding carboxylic acids is 1. The summed E-state index contributed by atoms with van der Waals surface area (Å²) in [6.07, 6.45) is 2.05. The van der Waals surface area contributed by atoms with Gasteiger partial charge in [-0.2, -0.15) is 0 Å². The number of hydrogen-bond donors (Lipinski definition) is 1. The Bertz CT molecular complexity index is 850. The average Bonchev–Trinajstić information content (AvgIpc) is 2.71. The summed E-state index contributed by atoms with van der Waals surface area (Å²) in [5, 5.41) is 3.06. The van der Waals surface area contributed by atoms with Gasteiger partial charge < -0.3 is 19.9 Å². The summed E-state index contributed by atoms with van der Waals surface area (Å²) in [6, 6.07) is 12.4. The zero-order valence-electron chi connectivity index (χ0n) is 16.9. The SMILES string of the molecule is CN1CC(CN(Cc2ccc(F)cc2)C(=O)NCc2ccc3c(c2)CCCO3)C1. The van der Waals surface area contributed by atoms with Crippen molar-refractivity contribution >= 4 is 6.03 Å². The molecule has 1 N–H and O–H groups in total. The summed E-state index contributed by atoms with van der Waals surface area (Å²) in [5.74, 6) is 1.17. The molecule has 1 saturated heterocycles. The number of likely N-dealkylation sites (tertiary alicyclic amines) is 1. The monoisotopic (exact) mass is 397 g/mol. The molecule has 154 valence electrons. The molecule has 0 saturated carbocycles. The van der Waals surface area contributed by atoms with Gasteiger partial charge in [0.2, 0.25) is 0 Å². The molecule has 0 aromatic heterocycles. The summed E-state index contributed by atoms with van der Waals surface area (Å²) < 4.78 is 18.9. The Balaban J connectivity index is 1.39. The van der Waals surface area contributed by atoms with Crippen LogP contribution in [0.15, 0.2) is 42.5 Å². The lowest BCUT2D eigenvalue weighted by molar-refractivity contribution is 0.0966.